The Labute approximate surface area is 168 Å². The molecule has 1 aliphatic heterocycles. The predicted molar refractivity (Wildman–Crippen MR) is 103 cm³/mol. The fraction of sp³-hybridized carbons (Fsp3) is 0.350. The van der Waals surface area contributed by atoms with Crippen LogP contribution in [0.4, 0.5) is 0 Å². The smallest absolute Gasteiger partial charge is 0.254 e. The number of furan rings is 1. The number of carbonyl (C=O) groups excluding carboxylic acids is 3. The van der Waals surface area contributed by atoms with Crippen molar-refractivity contribution < 1.29 is 28.3 Å². The molecule has 0 unspecified atom stereocenters. The molecule has 1 aromatic carbocycles. The molecular formula is C20H23N3O6. The minimum atomic E-state index is -0.368. The molecule has 1 fully saturated rings. The van der Waals surface area contributed by atoms with E-state index in [9.17, 15) is 14.4 Å². The predicted octanol–water partition coefficient (Wildman–Crippen LogP) is 1.01. The van der Waals surface area contributed by atoms with Gasteiger partial charge in [-0.1, -0.05) is 0 Å². The summed E-state index contributed by atoms with van der Waals surface area (Å²) in [6.45, 7) is 1.49. The molecule has 3 amide bonds. The average molecular weight is 401 g/mol. The van der Waals surface area contributed by atoms with E-state index in [1.807, 2.05) is 0 Å². The van der Waals surface area contributed by atoms with Gasteiger partial charge in [-0.3, -0.25) is 14.4 Å². The number of piperazine rings is 1. The van der Waals surface area contributed by atoms with Crippen LogP contribution in [0.5, 0.6) is 11.5 Å². The van der Waals surface area contributed by atoms with Gasteiger partial charge in [0.05, 0.1) is 32.6 Å². The molecule has 0 atom stereocenters. The first-order chi connectivity index (χ1) is 14.0. The molecule has 0 spiro atoms. The third-order valence-corrected chi connectivity index (χ3v) is 4.70. The summed E-state index contributed by atoms with van der Waals surface area (Å²) in [5.74, 6) is 0.359. The minimum Gasteiger partial charge on any atom is -0.497 e. The van der Waals surface area contributed by atoms with Crippen molar-refractivity contribution >= 4 is 17.7 Å². The molecule has 1 aliphatic rings. The van der Waals surface area contributed by atoms with Gasteiger partial charge in [-0.25, -0.2) is 0 Å². The van der Waals surface area contributed by atoms with Crippen molar-refractivity contribution in [3.05, 3.63) is 47.9 Å². The monoisotopic (exact) mass is 401 g/mol. The Balaban J connectivity index is 1.52. The summed E-state index contributed by atoms with van der Waals surface area (Å²) in [5, 5.41) is 2.57. The maximum atomic E-state index is 12.8. The van der Waals surface area contributed by atoms with Crippen LogP contribution < -0.4 is 14.8 Å². The standard InChI is InChI=1S/C20H23N3O6/c1-27-16-9-15(10-17(11-16)28-2)20(26)23-6-4-22(5-7-23)18(24)12-21-19(25)14-3-8-29-13-14/h3,8-11,13H,4-7,12H2,1-2H3,(H,21,25). The Kier molecular flexibility index (Phi) is 6.38. The lowest BCUT2D eigenvalue weighted by Gasteiger charge is -2.35. The molecular weight excluding hydrogens is 378 g/mol. The summed E-state index contributed by atoms with van der Waals surface area (Å²) in [6, 6.07) is 6.55. The SMILES string of the molecule is COc1cc(OC)cc(C(=O)N2CCN(C(=O)CNC(=O)c3ccoc3)CC2)c1. The van der Waals surface area contributed by atoms with E-state index in [2.05, 4.69) is 5.32 Å². The van der Waals surface area contributed by atoms with E-state index >= 15 is 0 Å². The van der Waals surface area contributed by atoms with Crippen LogP contribution >= 0.6 is 0 Å². The van der Waals surface area contributed by atoms with Crippen LogP contribution in [0.3, 0.4) is 0 Å². The topological polar surface area (TPSA) is 101 Å². The second-order valence-corrected chi connectivity index (χ2v) is 6.47. The van der Waals surface area contributed by atoms with Gasteiger partial charge in [0.15, 0.2) is 0 Å². The molecule has 1 aromatic heterocycles. The van der Waals surface area contributed by atoms with E-state index in [1.54, 1.807) is 28.0 Å². The van der Waals surface area contributed by atoms with E-state index in [0.717, 1.165) is 0 Å². The lowest BCUT2D eigenvalue weighted by Crippen LogP contribution is -2.52. The number of hydrogen-bond donors (Lipinski definition) is 1. The van der Waals surface area contributed by atoms with Gasteiger partial charge >= 0.3 is 0 Å². The number of nitrogens with zero attached hydrogens (tertiary/aromatic N) is 2. The highest BCUT2D eigenvalue weighted by atomic mass is 16.5. The van der Waals surface area contributed by atoms with Gasteiger partial charge in [-0.2, -0.15) is 0 Å². The van der Waals surface area contributed by atoms with Crippen molar-refractivity contribution in [1.29, 1.82) is 0 Å². The fourth-order valence-electron chi connectivity index (χ4n) is 3.04. The molecule has 1 N–H and O–H groups in total. The van der Waals surface area contributed by atoms with Crippen molar-refractivity contribution in [3.8, 4) is 11.5 Å². The van der Waals surface area contributed by atoms with Crippen LogP contribution in [0.25, 0.3) is 0 Å². The normalized spacial score (nSPS) is 13.7. The van der Waals surface area contributed by atoms with E-state index in [0.29, 0.717) is 48.8 Å². The van der Waals surface area contributed by atoms with Crippen LogP contribution in [0.2, 0.25) is 0 Å². The van der Waals surface area contributed by atoms with Crippen molar-refractivity contribution in [2.75, 3.05) is 46.9 Å². The molecule has 3 rings (SSSR count). The van der Waals surface area contributed by atoms with Crippen LogP contribution in [-0.2, 0) is 4.79 Å². The molecule has 0 radical (unpaired) electrons. The molecule has 9 heteroatoms. The Hall–Kier alpha value is -3.49. The third kappa shape index (κ3) is 4.87. The Morgan fingerprint density at radius 3 is 2.14 bits per heavy atom. The lowest BCUT2D eigenvalue weighted by atomic mass is 10.1. The summed E-state index contributed by atoms with van der Waals surface area (Å²) in [6.07, 6.45) is 2.71. The van der Waals surface area contributed by atoms with E-state index < -0.39 is 0 Å². The molecule has 29 heavy (non-hydrogen) atoms. The molecule has 2 aromatic rings. The summed E-state index contributed by atoms with van der Waals surface area (Å²) < 4.78 is 15.3. The number of carbonyl (C=O) groups is 3. The first-order valence-electron chi connectivity index (χ1n) is 9.12. The largest absolute Gasteiger partial charge is 0.497 e. The van der Waals surface area contributed by atoms with Crippen LogP contribution in [0.1, 0.15) is 20.7 Å². The van der Waals surface area contributed by atoms with Gasteiger partial charge in [0.2, 0.25) is 5.91 Å². The van der Waals surface area contributed by atoms with Gasteiger partial charge in [-0.05, 0) is 18.2 Å². The van der Waals surface area contributed by atoms with E-state index in [1.165, 1.54) is 32.8 Å². The second-order valence-electron chi connectivity index (χ2n) is 6.47. The zero-order chi connectivity index (χ0) is 20.8. The fourth-order valence-corrected chi connectivity index (χ4v) is 3.04. The first kappa shape index (κ1) is 20.2. The number of hydrogen-bond acceptors (Lipinski definition) is 6. The quantitative estimate of drug-likeness (QED) is 0.775. The second kappa shape index (κ2) is 9.13. The molecule has 9 nitrogen and oxygen atoms in total. The van der Waals surface area contributed by atoms with E-state index in [-0.39, 0.29) is 24.3 Å². The summed E-state index contributed by atoms with van der Waals surface area (Å²) in [7, 11) is 3.05. The summed E-state index contributed by atoms with van der Waals surface area (Å²) in [5.41, 5.74) is 0.829. The number of amides is 3. The van der Waals surface area contributed by atoms with Gasteiger partial charge in [0, 0.05) is 37.8 Å². The molecule has 154 valence electrons. The van der Waals surface area contributed by atoms with Crippen LogP contribution in [0.15, 0.2) is 41.2 Å². The molecule has 2 heterocycles. The number of ether oxygens (including phenoxy) is 2. The zero-order valence-corrected chi connectivity index (χ0v) is 16.3. The van der Waals surface area contributed by atoms with Crippen molar-refractivity contribution in [2.24, 2.45) is 0 Å². The van der Waals surface area contributed by atoms with Gasteiger partial charge in [-0.15, -0.1) is 0 Å². The minimum absolute atomic E-state index is 0.106. The van der Waals surface area contributed by atoms with Crippen molar-refractivity contribution in [3.63, 3.8) is 0 Å². The van der Waals surface area contributed by atoms with Gasteiger partial charge in [0.1, 0.15) is 17.8 Å². The van der Waals surface area contributed by atoms with Crippen molar-refractivity contribution in [2.45, 2.75) is 0 Å². The maximum absolute atomic E-state index is 12.8. The highest BCUT2D eigenvalue weighted by Crippen LogP contribution is 2.23. The third-order valence-electron chi connectivity index (χ3n) is 4.70. The van der Waals surface area contributed by atoms with Gasteiger partial charge < -0.3 is 29.0 Å². The number of rotatable bonds is 6. The lowest BCUT2D eigenvalue weighted by molar-refractivity contribution is -0.131. The maximum Gasteiger partial charge on any atom is 0.254 e. The average Bonchev–Trinajstić information content (AvgIpc) is 3.31. The number of nitrogens with one attached hydrogen (secondary N) is 1. The molecule has 0 aliphatic carbocycles. The molecule has 0 saturated carbocycles. The highest BCUT2D eigenvalue weighted by molar-refractivity contribution is 5.96. The van der Waals surface area contributed by atoms with Crippen molar-refractivity contribution in [1.82, 2.24) is 15.1 Å². The Morgan fingerprint density at radius 1 is 0.966 bits per heavy atom. The summed E-state index contributed by atoms with van der Waals surface area (Å²) in [4.78, 5) is 40.3. The highest BCUT2D eigenvalue weighted by Gasteiger charge is 2.25. The number of benzene rings is 1. The molecule has 1 saturated heterocycles. The zero-order valence-electron chi connectivity index (χ0n) is 16.3. The van der Waals surface area contributed by atoms with E-state index in [4.69, 9.17) is 13.9 Å². The van der Waals surface area contributed by atoms with Crippen LogP contribution in [-0.4, -0.2) is 74.5 Å². The summed E-state index contributed by atoms with van der Waals surface area (Å²) >= 11 is 0. The number of methoxy groups -OCH3 is 2. The Bertz CT molecular complexity index is 850. The molecule has 0 bridgehead atoms. The Morgan fingerprint density at radius 2 is 1.59 bits per heavy atom. The van der Waals surface area contributed by atoms with Crippen LogP contribution in [0, 0.1) is 0 Å². The first-order valence-corrected chi connectivity index (χ1v) is 9.12. The van der Waals surface area contributed by atoms with Gasteiger partial charge in [0.25, 0.3) is 11.8 Å².